The number of hydrogen-bond acceptors (Lipinski definition) is 2. The van der Waals surface area contributed by atoms with Gasteiger partial charge in [0.1, 0.15) is 0 Å². The van der Waals surface area contributed by atoms with E-state index in [1.807, 2.05) is 0 Å². The van der Waals surface area contributed by atoms with Crippen LogP contribution in [0.4, 0.5) is 0 Å². The molecule has 0 bridgehead atoms. The summed E-state index contributed by atoms with van der Waals surface area (Å²) >= 11 is 0. The summed E-state index contributed by atoms with van der Waals surface area (Å²) in [6, 6.07) is 0. The van der Waals surface area contributed by atoms with Crippen molar-refractivity contribution in [1.82, 2.24) is 4.90 Å². The molecule has 0 aromatic heterocycles. The fourth-order valence-corrected chi connectivity index (χ4v) is 2.97. The van der Waals surface area contributed by atoms with E-state index in [9.17, 15) is 5.11 Å². The minimum Gasteiger partial charge on any atom is -0.393 e. The number of aliphatic hydroxyl groups is 1. The van der Waals surface area contributed by atoms with Crippen LogP contribution in [0.5, 0.6) is 0 Å². The van der Waals surface area contributed by atoms with E-state index in [0.717, 1.165) is 18.9 Å². The predicted molar refractivity (Wildman–Crippen MR) is 67.4 cm³/mol. The van der Waals surface area contributed by atoms with Crippen molar-refractivity contribution in [3.05, 3.63) is 0 Å². The molecule has 0 aromatic carbocycles. The Labute approximate surface area is 100 Å². The zero-order chi connectivity index (χ0) is 11.4. The Balaban J connectivity index is 1.77. The van der Waals surface area contributed by atoms with Gasteiger partial charge in [0, 0.05) is 13.1 Å². The first kappa shape index (κ1) is 12.4. The summed E-state index contributed by atoms with van der Waals surface area (Å²) in [4.78, 5) is 2.61. The predicted octanol–water partition coefficient (Wildman–Crippen LogP) is 2.66. The Morgan fingerprint density at radius 1 is 1.06 bits per heavy atom. The molecule has 0 heterocycles. The molecule has 2 saturated carbocycles. The second kappa shape index (κ2) is 6.02. The largest absolute Gasteiger partial charge is 0.393 e. The normalized spacial score (nSPS) is 30.9. The Morgan fingerprint density at radius 2 is 1.81 bits per heavy atom. The summed E-state index contributed by atoms with van der Waals surface area (Å²) in [7, 11) is 0. The molecule has 2 nitrogen and oxygen atoms in total. The van der Waals surface area contributed by atoms with Gasteiger partial charge in [0.15, 0.2) is 0 Å². The van der Waals surface area contributed by atoms with E-state index in [1.165, 1.54) is 51.6 Å². The number of aliphatic hydroxyl groups excluding tert-OH is 1. The van der Waals surface area contributed by atoms with Crippen molar-refractivity contribution < 1.29 is 5.11 Å². The maximum Gasteiger partial charge on any atom is 0.0580 e. The first-order chi connectivity index (χ1) is 7.79. The topological polar surface area (TPSA) is 23.5 Å². The first-order valence-electron chi connectivity index (χ1n) is 7.20. The van der Waals surface area contributed by atoms with Crippen LogP contribution in [0, 0.1) is 11.8 Å². The molecule has 0 aliphatic heterocycles. The molecule has 0 spiro atoms. The molecule has 2 aliphatic carbocycles. The minimum absolute atomic E-state index is 0.0210. The molecular weight excluding hydrogens is 198 g/mol. The molecular formula is C14H27NO. The zero-order valence-electron chi connectivity index (χ0n) is 10.7. The van der Waals surface area contributed by atoms with Crippen molar-refractivity contribution >= 4 is 0 Å². The van der Waals surface area contributed by atoms with Gasteiger partial charge in [-0.05, 0) is 50.5 Å². The van der Waals surface area contributed by atoms with E-state index in [0.29, 0.717) is 5.92 Å². The van der Waals surface area contributed by atoms with Gasteiger partial charge in [-0.15, -0.1) is 0 Å². The van der Waals surface area contributed by atoms with Crippen LogP contribution in [0.25, 0.3) is 0 Å². The Morgan fingerprint density at radius 3 is 2.44 bits per heavy atom. The van der Waals surface area contributed by atoms with Gasteiger partial charge in [-0.3, -0.25) is 0 Å². The van der Waals surface area contributed by atoms with Crippen LogP contribution in [0.15, 0.2) is 0 Å². The summed E-state index contributed by atoms with van der Waals surface area (Å²) in [6.07, 6.45) is 8.93. The quantitative estimate of drug-likeness (QED) is 0.751. The standard InChI is InChI=1S/C14H27NO/c1-2-9-15(10-12-7-8-12)11-13-5-3-4-6-14(13)16/h12-14,16H,2-11H2,1H3. The average Bonchev–Trinajstić information content (AvgIpc) is 3.06. The van der Waals surface area contributed by atoms with Gasteiger partial charge in [0.2, 0.25) is 0 Å². The van der Waals surface area contributed by atoms with Crippen LogP contribution in [-0.4, -0.2) is 35.7 Å². The summed E-state index contributed by atoms with van der Waals surface area (Å²) in [5, 5.41) is 10.0. The maximum atomic E-state index is 10.0. The van der Waals surface area contributed by atoms with Crippen molar-refractivity contribution in [3.63, 3.8) is 0 Å². The molecule has 2 heteroatoms. The SMILES string of the molecule is CCCN(CC1CC1)CC1CCCCC1O. The third-order valence-corrected chi connectivity index (χ3v) is 4.11. The molecule has 0 saturated heterocycles. The summed E-state index contributed by atoms with van der Waals surface area (Å²) < 4.78 is 0. The fourth-order valence-electron chi connectivity index (χ4n) is 2.97. The highest BCUT2D eigenvalue weighted by atomic mass is 16.3. The Hall–Kier alpha value is -0.0800. The molecule has 0 aromatic rings. The Kier molecular flexibility index (Phi) is 4.66. The molecule has 1 N–H and O–H groups in total. The lowest BCUT2D eigenvalue weighted by atomic mass is 9.86. The molecule has 2 rings (SSSR count). The van der Waals surface area contributed by atoms with Gasteiger partial charge < -0.3 is 10.0 Å². The lowest BCUT2D eigenvalue weighted by molar-refractivity contribution is 0.0454. The monoisotopic (exact) mass is 225 g/mol. The van der Waals surface area contributed by atoms with Crippen LogP contribution in [0.3, 0.4) is 0 Å². The molecule has 94 valence electrons. The van der Waals surface area contributed by atoms with Crippen molar-refractivity contribution in [1.29, 1.82) is 0 Å². The second-order valence-electron chi connectivity index (χ2n) is 5.81. The van der Waals surface area contributed by atoms with Crippen LogP contribution >= 0.6 is 0 Å². The fraction of sp³-hybridized carbons (Fsp3) is 1.00. The van der Waals surface area contributed by atoms with E-state index in [4.69, 9.17) is 0 Å². The van der Waals surface area contributed by atoms with E-state index in [1.54, 1.807) is 0 Å². The molecule has 2 fully saturated rings. The van der Waals surface area contributed by atoms with Gasteiger partial charge in [-0.1, -0.05) is 19.8 Å². The highest BCUT2D eigenvalue weighted by Gasteiger charge is 2.28. The number of rotatable bonds is 6. The van der Waals surface area contributed by atoms with Crippen molar-refractivity contribution in [2.75, 3.05) is 19.6 Å². The van der Waals surface area contributed by atoms with E-state index in [2.05, 4.69) is 11.8 Å². The molecule has 2 unspecified atom stereocenters. The number of hydrogen-bond donors (Lipinski definition) is 1. The average molecular weight is 225 g/mol. The van der Waals surface area contributed by atoms with E-state index in [-0.39, 0.29) is 6.10 Å². The van der Waals surface area contributed by atoms with Crippen LogP contribution in [0.1, 0.15) is 51.9 Å². The second-order valence-corrected chi connectivity index (χ2v) is 5.81. The van der Waals surface area contributed by atoms with Crippen molar-refractivity contribution in [2.24, 2.45) is 11.8 Å². The number of nitrogens with zero attached hydrogens (tertiary/aromatic N) is 1. The highest BCUT2D eigenvalue weighted by Crippen LogP contribution is 2.31. The minimum atomic E-state index is -0.0210. The lowest BCUT2D eigenvalue weighted by Gasteiger charge is -2.33. The summed E-state index contributed by atoms with van der Waals surface area (Å²) in [6.45, 7) is 5.92. The molecule has 2 aliphatic rings. The lowest BCUT2D eigenvalue weighted by Crippen LogP contribution is -2.38. The van der Waals surface area contributed by atoms with Gasteiger partial charge in [0.25, 0.3) is 0 Å². The van der Waals surface area contributed by atoms with Crippen molar-refractivity contribution in [2.45, 2.75) is 58.0 Å². The van der Waals surface area contributed by atoms with Gasteiger partial charge in [-0.25, -0.2) is 0 Å². The van der Waals surface area contributed by atoms with Crippen molar-refractivity contribution in [3.8, 4) is 0 Å². The van der Waals surface area contributed by atoms with Crippen LogP contribution in [-0.2, 0) is 0 Å². The molecule has 2 atom stereocenters. The maximum absolute atomic E-state index is 10.0. The van der Waals surface area contributed by atoms with E-state index >= 15 is 0 Å². The summed E-state index contributed by atoms with van der Waals surface area (Å²) in [5.74, 6) is 1.53. The van der Waals surface area contributed by atoms with Gasteiger partial charge in [-0.2, -0.15) is 0 Å². The molecule has 16 heavy (non-hydrogen) atoms. The first-order valence-corrected chi connectivity index (χ1v) is 7.20. The molecule has 0 radical (unpaired) electrons. The highest BCUT2D eigenvalue weighted by molar-refractivity contribution is 4.81. The third kappa shape index (κ3) is 3.74. The van der Waals surface area contributed by atoms with E-state index < -0.39 is 0 Å². The summed E-state index contributed by atoms with van der Waals surface area (Å²) in [5.41, 5.74) is 0. The smallest absolute Gasteiger partial charge is 0.0580 e. The van der Waals surface area contributed by atoms with Crippen LogP contribution < -0.4 is 0 Å². The van der Waals surface area contributed by atoms with Gasteiger partial charge >= 0.3 is 0 Å². The van der Waals surface area contributed by atoms with Crippen LogP contribution in [0.2, 0.25) is 0 Å². The molecule has 0 amide bonds. The zero-order valence-corrected chi connectivity index (χ0v) is 10.7. The Bertz CT molecular complexity index is 203. The third-order valence-electron chi connectivity index (χ3n) is 4.11. The van der Waals surface area contributed by atoms with Gasteiger partial charge in [0.05, 0.1) is 6.10 Å².